The van der Waals surface area contributed by atoms with Gasteiger partial charge in [0, 0.05) is 18.5 Å². The average molecular weight is 362 g/mol. The molecular weight excluding hydrogens is 348 g/mol. The lowest BCUT2D eigenvalue weighted by atomic mass is 10.2. The summed E-state index contributed by atoms with van der Waals surface area (Å²) in [6.07, 6.45) is 6.54. The number of aromatic nitrogens is 5. The Balaban J connectivity index is 1.48. The third-order valence-electron chi connectivity index (χ3n) is 3.63. The van der Waals surface area contributed by atoms with Gasteiger partial charge in [-0.15, -0.1) is 21.5 Å². The normalized spacial score (nSPS) is 11.2. The maximum atomic E-state index is 12.0. The minimum atomic E-state index is -0.222. The first-order valence-electron chi connectivity index (χ1n) is 7.91. The number of fused-ring (bicyclic) bond motifs is 1. The van der Waals surface area contributed by atoms with Gasteiger partial charge in [-0.2, -0.15) is 9.61 Å². The molecule has 0 saturated heterocycles. The number of pyridine rings is 1. The molecule has 7 nitrogen and oxygen atoms in total. The van der Waals surface area contributed by atoms with Crippen molar-refractivity contribution in [1.82, 2.24) is 30.1 Å². The van der Waals surface area contributed by atoms with Crippen LogP contribution in [0.15, 0.2) is 60.2 Å². The van der Waals surface area contributed by atoms with Gasteiger partial charge in [0.1, 0.15) is 5.69 Å². The van der Waals surface area contributed by atoms with Crippen LogP contribution in [0.25, 0.3) is 22.3 Å². The second-order valence-corrected chi connectivity index (χ2v) is 6.37. The Morgan fingerprint density at radius 2 is 2.15 bits per heavy atom. The summed E-state index contributed by atoms with van der Waals surface area (Å²) in [5, 5.41) is 17.6. The summed E-state index contributed by atoms with van der Waals surface area (Å²) in [4.78, 5) is 17.1. The van der Waals surface area contributed by atoms with E-state index in [9.17, 15) is 4.79 Å². The van der Waals surface area contributed by atoms with Crippen molar-refractivity contribution in [3.05, 3.63) is 71.6 Å². The first-order chi connectivity index (χ1) is 12.8. The van der Waals surface area contributed by atoms with E-state index >= 15 is 0 Å². The third kappa shape index (κ3) is 3.50. The van der Waals surface area contributed by atoms with Gasteiger partial charge in [-0.3, -0.25) is 9.78 Å². The summed E-state index contributed by atoms with van der Waals surface area (Å²) in [7, 11) is 0. The van der Waals surface area contributed by atoms with E-state index in [4.69, 9.17) is 0 Å². The largest absolute Gasteiger partial charge is 0.345 e. The molecule has 0 aliphatic heterocycles. The van der Waals surface area contributed by atoms with Crippen LogP contribution < -0.4 is 5.32 Å². The Labute approximate surface area is 153 Å². The van der Waals surface area contributed by atoms with Crippen LogP contribution in [0.2, 0.25) is 0 Å². The number of hydrogen-bond donors (Lipinski definition) is 1. The van der Waals surface area contributed by atoms with Crippen molar-refractivity contribution in [3.63, 3.8) is 0 Å². The van der Waals surface area contributed by atoms with Crippen LogP contribution in [-0.2, 0) is 11.3 Å². The summed E-state index contributed by atoms with van der Waals surface area (Å²) in [5.74, 6) is 0.349. The van der Waals surface area contributed by atoms with Gasteiger partial charge in [-0.05, 0) is 41.3 Å². The van der Waals surface area contributed by atoms with Gasteiger partial charge in [-0.1, -0.05) is 12.1 Å². The standard InChI is InChI=1S/C18H14N6OS/c25-18(8-5-13-3-1-9-19-11-13)20-12-17-22-21-16-7-6-14(23-24(16)17)15-4-2-10-26-15/h1-11H,12H2,(H,20,25)/b8-5+. The molecular formula is C18H14N6OS. The quantitative estimate of drug-likeness (QED) is 0.552. The highest BCUT2D eigenvalue weighted by Gasteiger charge is 2.09. The number of nitrogens with zero attached hydrogens (tertiary/aromatic N) is 5. The lowest BCUT2D eigenvalue weighted by Gasteiger charge is -2.02. The third-order valence-corrected chi connectivity index (χ3v) is 4.53. The summed E-state index contributed by atoms with van der Waals surface area (Å²) in [6.45, 7) is 0.234. The Kier molecular flexibility index (Phi) is 4.48. The van der Waals surface area contributed by atoms with Crippen molar-refractivity contribution in [2.24, 2.45) is 0 Å². The summed E-state index contributed by atoms with van der Waals surface area (Å²) in [5.41, 5.74) is 2.34. The first-order valence-corrected chi connectivity index (χ1v) is 8.79. The molecule has 4 rings (SSSR count). The molecule has 0 atom stereocenters. The Bertz CT molecular complexity index is 1060. The zero-order chi connectivity index (χ0) is 17.8. The van der Waals surface area contributed by atoms with Crippen molar-refractivity contribution in [2.45, 2.75) is 6.54 Å². The lowest BCUT2D eigenvalue weighted by molar-refractivity contribution is -0.116. The van der Waals surface area contributed by atoms with Crippen LogP contribution in [0, 0.1) is 0 Å². The fourth-order valence-electron chi connectivity index (χ4n) is 2.37. The number of carbonyl (C=O) groups is 1. The number of carbonyl (C=O) groups excluding carboxylic acids is 1. The van der Waals surface area contributed by atoms with Gasteiger partial charge < -0.3 is 5.32 Å². The predicted molar refractivity (Wildman–Crippen MR) is 99.2 cm³/mol. The lowest BCUT2D eigenvalue weighted by Crippen LogP contribution is -2.22. The molecule has 0 radical (unpaired) electrons. The van der Waals surface area contributed by atoms with Crippen LogP contribution >= 0.6 is 11.3 Å². The second kappa shape index (κ2) is 7.24. The zero-order valence-corrected chi connectivity index (χ0v) is 14.4. The SMILES string of the molecule is O=C(/C=C/c1cccnc1)NCc1nnc2ccc(-c3cccs3)nn12. The van der Waals surface area contributed by atoms with Crippen LogP contribution in [0.3, 0.4) is 0 Å². The molecule has 0 bridgehead atoms. The minimum Gasteiger partial charge on any atom is -0.345 e. The fourth-order valence-corrected chi connectivity index (χ4v) is 3.06. The van der Waals surface area contributed by atoms with E-state index in [0.717, 1.165) is 16.1 Å². The van der Waals surface area contributed by atoms with Crippen molar-refractivity contribution >= 4 is 29.0 Å². The monoisotopic (exact) mass is 362 g/mol. The molecule has 4 aromatic heterocycles. The molecule has 0 aliphatic carbocycles. The molecule has 0 saturated carbocycles. The minimum absolute atomic E-state index is 0.222. The maximum Gasteiger partial charge on any atom is 0.244 e. The van der Waals surface area contributed by atoms with Gasteiger partial charge in [-0.25, -0.2) is 0 Å². The van der Waals surface area contributed by atoms with E-state index in [1.165, 1.54) is 6.08 Å². The van der Waals surface area contributed by atoms with E-state index in [2.05, 4.69) is 25.6 Å². The number of rotatable bonds is 5. The molecule has 1 amide bonds. The van der Waals surface area contributed by atoms with Gasteiger partial charge in [0.05, 0.1) is 11.4 Å². The van der Waals surface area contributed by atoms with E-state index in [-0.39, 0.29) is 12.5 Å². The van der Waals surface area contributed by atoms with Crippen molar-refractivity contribution < 1.29 is 4.79 Å². The van der Waals surface area contributed by atoms with Crippen molar-refractivity contribution in [3.8, 4) is 10.6 Å². The van der Waals surface area contributed by atoms with Gasteiger partial charge >= 0.3 is 0 Å². The molecule has 0 aromatic carbocycles. The van der Waals surface area contributed by atoms with Crippen LogP contribution in [0.1, 0.15) is 11.4 Å². The number of nitrogens with one attached hydrogen (secondary N) is 1. The Morgan fingerprint density at radius 1 is 1.19 bits per heavy atom. The van der Waals surface area contributed by atoms with Crippen molar-refractivity contribution in [1.29, 1.82) is 0 Å². The predicted octanol–water partition coefficient (Wildman–Crippen LogP) is 2.58. The first kappa shape index (κ1) is 16.1. The highest BCUT2D eigenvalue weighted by Crippen LogP contribution is 2.22. The molecule has 0 unspecified atom stereocenters. The van der Waals surface area contributed by atoms with Gasteiger partial charge in [0.15, 0.2) is 11.5 Å². The molecule has 128 valence electrons. The van der Waals surface area contributed by atoms with Gasteiger partial charge in [0.2, 0.25) is 5.91 Å². The molecule has 4 aromatic rings. The number of amides is 1. The number of hydrogen-bond acceptors (Lipinski definition) is 6. The zero-order valence-electron chi connectivity index (χ0n) is 13.6. The smallest absolute Gasteiger partial charge is 0.244 e. The molecule has 26 heavy (non-hydrogen) atoms. The summed E-state index contributed by atoms with van der Waals surface area (Å²) >= 11 is 1.62. The molecule has 0 aliphatic rings. The molecule has 0 spiro atoms. The van der Waals surface area contributed by atoms with E-state index < -0.39 is 0 Å². The molecule has 8 heteroatoms. The summed E-state index contributed by atoms with van der Waals surface area (Å²) < 4.78 is 1.65. The topological polar surface area (TPSA) is 85.1 Å². The van der Waals surface area contributed by atoms with Crippen LogP contribution in [0.5, 0.6) is 0 Å². The van der Waals surface area contributed by atoms with E-state index in [1.807, 2.05) is 41.8 Å². The Hall–Kier alpha value is -3.39. The second-order valence-electron chi connectivity index (χ2n) is 5.42. The van der Waals surface area contributed by atoms with Gasteiger partial charge in [0.25, 0.3) is 0 Å². The van der Waals surface area contributed by atoms with Crippen molar-refractivity contribution in [2.75, 3.05) is 0 Å². The molecule has 4 heterocycles. The molecule has 1 N–H and O–H groups in total. The molecule has 0 fully saturated rings. The fraction of sp³-hybridized carbons (Fsp3) is 0.0556. The average Bonchev–Trinajstić information content (AvgIpc) is 3.35. The van der Waals surface area contributed by atoms with Crippen LogP contribution in [-0.4, -0.2) is 30.7 Å². The summed E-state index contributed by atoms with van der Waals surface area (Å²) in [6, 6.07) is 11.5. The highest BCUT2D eigenvalue weighted by molar-refractivity contribution is 7.13. The van der Waals surface area contributed by atoms with Crippen LogP contribution in [0.4, 0.5) is 0 Å². The maximum absolute atomic E-state index is 12.0. The van der Waals surface area contributed by atoms with E-state index in [1.54, 1.807) is 34.3 Å². The highest BCUT2D eigenvalue weighted by atomic mass is 32.1. The number of thiophene rings is 1. The Morgan fingerprint density at radius 3 is 2.96 bits per heavy atom. The van der Waals surface area contributed by atoms with E-state index in [0.29, 0.717) is 11.5 Å².